The van der Waals surface area contributed by atoms with Gasteiger partial charge < -0.3 is 5.73 Å². The van der Waals surface area contributed by atoms with Gasteiger partial charge in [-0.3, -0.25) is 0 Å². The van der Waals surface area contributed by atoms with Crippen LogP contribution in [0.1, 0.15) is 11.6 Å². The molecular weight excluding hydrogens is 196 g/mol. The first-order chi connectivity index (χ1) is 7.81. The van der Waals surface area contributed by atoms with E-state index in [1.807, 2.05) is 60.7 Å². The fourth-order valence-electron chi connectivity index (χ4n) is 1.62. The van der Waals surface area contributed by atoms with Gasteiger partial charge in [0, 0.05) is 0 Å². The fraction of sp³-hybridized carbons (Fsp3) is 0.0714. The Hall–Kier alpha value is -2.11. The summed E-state index contributed by atoms with van der Waals surface area (Å²) in [7, 11) is 0. The van der Waals surface area contributed by atoms with Gasteiger partial charge in [0.25, 0.3) is 0 Å². The Kier molecular flexibility index (Phi) is 3.00. The highest BCUT2D eigenvalue weighted by Gasteiger charge is 2.05. The summed E-state index contributed by atoms with van der Waals surface area (Å²) in [6, 6.07) is 19.3. The third-order valence-corrected chi connectivity index (χ3v) is 2.49. The third kappa shape index (κ3) is 2.10. The Morgan fingerprint density at radius 1 is 0.938 bits per heavy atom. The standard InChI is InChI=1S/C14H12N2/c15-10-14(16)13-8-4-7-12(9-13)11-5-2-1-3-6-11/h1-9,14H,16H2. The molecule has 2 aromatic rings. The van der Waals surface area contributed by atoms with Crippen molar-refractivity contribution in [3.05, 3.63) is 60.2 Å². The van der Waals surface area contributed by atoms with Crippen molar-refractivity contribution >= 4 is 0 Å². The molecule has 2 nitrogen and oxygen atoms in total. The topological polar surface area (TPSA) is 49.8 Å². The van der Waals surface area contributed by atoms with Crippen molar-refractivity contribution in [1.82, 2.24) is 0 Å². The second-order valence-electron chi connectivity index (χ2n) is 3.60. The van der Waals surface area contributed by atoms with Crippen molar-refractivity contribution in [2.24, 2.45) is 5.73 Å². The van der Waals surface area contributed by atoms with Gasteiger partial charge in [0.1, 0.15) is 6.04 Å². The van der Waals surface area contributed by atoms with Crippen molar-refractivity contribution in [3.63, 3.8) is 0 Å². The van der Waals surface area contributed by atoms with E-state index < -0.39 is 6.04 Å². The molecule has 0 heterocycles. The SMILES string of the molecule is N#CC(N)c1cccc(-c2ccccc2)c1. The summed E-state index contributed by atoms with van der Waals surface area (Å²) in [6.07, 6.45) is 0. The van der Waals surface area contributed by atoms with Gasteiger partial charge in [0.15, 0.2) is 0 Å². The molecule has 0 aliphatic carbocycles. The van der Waals surface area contributed by atoms with Crippen LogP contribution in [0, 0.1) is 11.3 Å². The first-order valence-corrected chi connectivity index (χ1v) is 5.12. The number of hydrogen-bond acceptors (Lipinski definition) is 2. The molecule has 2 aromatic carbocycles. The van der Waals surface area contributed by atoms with Crippen LogP contribution in [0.2, 0.25) is 0 Å². The third-order valence-electron chi connectivity index (χ3n) is 2.49. The zero-order valence-corrected chi connectivity index (χ0v) is 8.80. The molecule has 0 radical (unpaired) electrons. The van der Waals surface area contributed by atoms with Crippen molar-refractivity contribution in [2.45, 2.75) is 6.04 Å². The van der Waals surface area contributed by atoms with Crippen LogP contribution in [0.5, 0.6) is 0 Å². The molecule has 0 saturated heterocycles. The molecule has 2 rings (SSSR count). The van der Waals surface area contributed by atoms with E-state index in [9.17, 15) is 0 Å². The van der Waals surface area contributed by atoms with Gasteiger partial charge in [-0.15, -0.1) is 0 Å². The van der Waals surface area contributed by atoms with E-state index in [1.54, 1.807) is 0 Å². The van der Waals surface area contributed by atoms with Crippen LogP contribution in [-0.2, 0) is 0 Å². The van der Waals surface area contributed by atoms with Crippen molar-refractivity contribution in [3.8, 4) is 17.2 Å². The molecule has 0 aromatic heterocycles. The molecule has 1 atom stereocenters. The minimum atomic E-state index is -0.552. The molecule has 0 amide bonds. The van der Waals surface area contributed by atoms with Gasteiger partial charge in [-0.2, -0.15) is 5.26 Å². The van der Waals surface area contributed by atoms with E-state index in [1.165, 1.54) is 0 Å². The second kappa shape index (κ2) is 4.61. The molecule has 0 aliphatic rings. The number of nitriles is 1. The lowest BCUT2D eigenvalue weighted by atomic mass is 10.0. The molecule has 78 valence electrons. The molecule has 0 bridgehead atoms. The summed E-state index contributed by atoms with van der Waals surface area (Å²) in [5.74, 6) is 0. The Labute approximate surface area is 95.0 Å². The quantitative estimate of drug-likeness (QED) is 0.825. The van der Waals surface area contributed by atoms with Crippen LogP contribution < -0.4 is 5.73 Å². The summed E-state index contributed by atoms with van der Waals surface area (Å²) in [4.78, 5) is 0. The average molecular weight is 208 g/mol. The predicted octanol–water partition coefficient (Wildman–Crippen LogP) is 2.88. The van der Waals surface area contributed by atoms with E-state index in [0.29, 0.717) is 0 Å². The molecular formula is C14H12N2. The second-order valence-corrected chi connectivity index (χ2v) is 3.60. The zero-order chi connectivity index (χ0) is 11.4. The van der Waals surface area contributed by atoms with Crippen LogP contribution in [0.15, 0.2) is 54.6 Å². The lowest BCUT2D eigenvalue weighted by Gasteiger charge is -2.06. The molecule has 0 fully saturated rings. The number of benzene rings is 2. The number of rotatable bonds is 2. The van der Waals surface area contributed by atoms with E-state index >= 15 is 0 Å². The lowest BCUT2D eigenvalue weighted by Crippen LogP contribution is -2.06. The number of nitrogens with two attached hydrogens (primary N) is 1. The van der Waals surface area contributed by atoms with Gasteiger partial charge >= 0.3 is 0 Å². The van der Waals surface area contributed by atoms with Gasteiger partial charge in [-0.1, -0.05) is 48.5 Å². The first kappa shape index (κ1) is 10.4. The number of nitrogens with zero attached hydrogens (tertiary/aromatic N) is 1. The van der Waals surface area contributed by atoms with Gasteiger partial charge in [-0.05, 0) is 22.8 Å². The molecule has 2 N–H and O–H groups in total. The Morgan fingerprint density at radius 3 is 2.31 bits per heavy atom. The molecule has 0 spiro atoms. The maximum Gasteiger partial charge on any atom is 0.118 e. The minimum absolute atomic E-state index is 0.552. The van der Waals surface area contributed by atoms with E-state index in [-0.39, 0.29) is 0 Å². The number of hydrogen-bond donors (Lipinski definition) is 1. The van der Waals surface area contributed by atoms with Crippen LogP contribution in [-0.4, -0.2) is 0 Å². The maximum atomic E-state index is 8.77. The van der Waals surface area contributed by atoms with Crippen molar-refractivity contribution in [2.75, 3.05) is 0 Å². The smallest absolute Gasteiger partial charge is 0.118 e. The van der Waals surface area contributed by atoms with Crippen molar-refractivity contribution in [1.29, 1.82) is 5.26 Å². The predicted molar refractivity (Wildman–Crippen MR) is 64.4 cm³/mol. The summed E-state index contributed by atoms with van der Waals surface area (Å²) < 4.78 is 0. The lowest BCUT2D eigenvalue weighted by molar-refractivity contribution is 0.927. The Morgan fingerprint density at radius 2 is 1.62 bits per heavy atom. The van der Waals surface area contributed by atoms with E-state index in [0.717, 1.165) is 16.7 Å². The summed E-state index contributed by atoms with van der Waals surface area (Å²) in [5, 5.41) is 8.77. The molecule has 0 aliphatic heterocycles. The minimum Gasteiger partial charge on any atom is -0.312 e. The molecule has 2 heteroatoms. The zero-order valence-electron chi connectivity index (χ0n) is 8.80. The van der Waals surface area contributed by atoms with E-state index in [2.05, 4.69) is 0 Å². The fourth-order valence-corrected chi connectivity index (χ4v) is 1.62. The molecule has 0 saturated carbocycles. The van der Waals surface area contributed by atoms with Crippen LogP contribution >= 0.6 is 0 Å². The monoisotopic (exact) mass is 208 g/mol. The highest BCUT2D eigenvalue weighted by Crippen LogP contribution is 2.21. The average Bonchev–Trinajstić information content (AvgIpc) is 2.39. The first-order valence-electron chi connectivity index (χ1n) is 5.12. The van der Waals surface area contributed by atoms with Crippen LogP contribution in [0.25, 0.3) is 11.1 Å². The van der Waals surface area contributed by atoms with Gasteiger partial charge in [0.2, 0.25) is 0 Å². The van der Waals surface area contributed by atoms with Gasteiger partial charge in [-0.25, -0.2) is 0 Å². The van der Waals surface area contributed by atoms with Gasteiger partial charge in [0.05, 0.1) is 6.07 Å². The Bertz CT molecular complexity index is 512. The highest BCUT2D eigenvalue weighted by atomic mass is 14.6. The van der Waals surface area contributed by atoms with Crippen molar-refractivity contribution < 1.29 is 0 Å². The summed E-state index contributed by atoms with van der Waals surface area (Å²) in [5.41, 5.74) is 8.75. The summed E-state index contributed by atoms with van der Waals surface area (Å²) in [6.45, 7) is 0. The normalized spacial score (nSPS) is 11.8. The largest absolute Gasteiger partial charge is 0.312 e. The molecule has 16 heavy (non-hydrogen) atoms. The molecule has 1 unspecified atom stereocenters. The highest BCUT2D eigenvalue weighted by molar-refractivity contribution is 5.64. The van der Waals surface area contributed by atoms with E-state index in [4.69, 9.17) is 11.0 Å². The Balaban J connectivity index is 2.41. The summed E-state index contributed by atoms with van der Waals surface area (Å²) >= 11 is 0. The maximum absolute atomic E-state index is 8.77. The van der Waals surface area contributed by atoms with Crippen LogP contribution in [0.4, 0.5) is 0 Å². The van der Waals surface area contributed by atoms with Crippen LogP contribution in [0.3, 0.4) is 0 Å².